The number of hydrogen-bond donors (Lipinski definition) is 2. The summed E-state index contributed by atoms with van der Waals surface area (Å²) in [4.78, 5) is 0. The van der Waals surface area contributed by atoms with Gasteiger partial charge in [-0.1, -0.05) is 30.3 Å². The molecule has 1 atom stereocenters. The number of primary sulfonamides is 1. The lowest BCUT2D eigenvalue weighted by Crippen LogP contribution is -2.36. The summed E-state index contributed by atoms with van der Waals surface area (Å²) in [6.45, 7) is 0. The summed E-state index contributed by atoms with van der Waals surface area (Å²) in [6.07, 6.45) is -0.155. The average Bonchev–Trinajstić information content (AvgIpc) is 2.98. The van der Waals surface area contributed by atoms with E-state index in [0.717, 1.165) is 0 Å². The van der Waals surface area contributed by atoms with E-state index in [0.29, 0.717) is 18.4 Å². The molecule has 1 saturated carbocycles. The molecule has 3 N–H and O–H groups in total. The van der Waals surface area contributed by atoms with Gasteiger partial charge in [0.05, 0.1) is 6.10 Å². The van der Waals surface area contributed by atoms with Crippen molar-refractivity contribution >= 4 is 10.0 Å². The Kier molecular flexibility index (Phi) is 2.33. The van der Waals surface area contributed by atoms with Crippen LogP contribution in [0.15, 0.2) is 30.3 Å². The number of benzene rings is 1. The number of sulfonamides is 1. The van der Waals surface area contributed by atoms with Crippen molar-refractivity contribution in [2.24, 2.45) is 5.14 Å². The molecule has 1 aromatic rings. The number of aliphatic hydroxyl groups excluding tert-OH is 1. The first-order valence-corrected chi connectivity index (χ1v) is 6.27. The summed E-state index contributed by atoms with van der Waals surface area (Å²) in [5.74, 6) is 0. The highest BCUT2D eigenvalue weighted by molar-refractivity contribution is 7.90. The first-order valence-electron chi connectivity index (χ1n) is 4.73. The molecule has 0 aliphatic heterocycles. The van der Waals surface area contributed by atoms with Crippen LogP contribution in [-0.4, -0.2) is 18.3 Å². The highest BCUT2D eigenvalue weighted by atomic mass is 32.2. The van der Waals surface area contributed by atoms with Crippen molar-refractivity contribution in [2.75, 3.05) is 0 Å². The number of hydrogen-bond acceptors (Lipinski definition) is 3. The molecule has 0 aromatic heterocycles. The van der Waals surface area contributed by atoms with E-state index in [4.69, 9.17) is 5.14 Å². The van der Waals surface area contributed by atoms with Crippen LogP contribution in [0.3, 0.4) is 0 Å². The van der Waals surface area contributed by atoms with Crippen molar-refractivity contribution in [3.63, 3.8) is 0 Å². The normalized spacial score (nSPS) is 20.9. The largest absolute Gasteiger partial charge is 0.387 e. The third-order valence-corrected chi connectivity index (χ3v) is 4.69. The van der Waals surface area contributed by atoms with Crippen molar-refractivity contribution < 1.29 is 13.5 Å². The van der Waals surface area contributed by atoms with Crippen LogP contribution in [0, 0.1) is 0 Å². The summed E-state index contributed by atoms with van der Waals surface area (Å²) >= 11 is 0. The lowest BCUT2D eigenvalue weighted by Gasteiger charge is -2.20. The van der Waals surface area contributed by atoms with Crippen LogP contribution in [0.4, 0.5) is 0 Å². The molecule has 1 aliphatic carbocycles. The minimum Gasteiger partial charge on any atom is -0.387 e. The highest BCUT2D eigenvalue weighted by Gasteiger charge is 2.58. The molecule has 0 bridgehead atoms. The van der Waals surface area contributed by atoms with E-state index in [1.807, 2.05) is 6.07 Å². The van der Waals surface area contributed by atoms with E-state index >= 15 is 0 Å². The van der Waals surface area contributed by atoms with Gasteiger partial charge < -0.3 is 5.11 Å². The summed E-state index contributed by atoms with van der Waals surface area (Å²) < 4.78 is 21.6. The highest BCUT2D eigenvalue weighted by Crippen LogP contribution is 2.51. The quantitative estimate of drug-likeness (QED) is 0.791. The first kappa shape index (κ1) is 10.6. The van der Waals surface area contributed by atoms with Crippen molar-refractivity contribution in [3.8, 4) is 0 Å². The molecule has 0 saturated heterocycles. The molecule has 1 aromatic carbocycles. The Morgan fingerprint density at radius 2 is 1.80 bits per heavy atom. The van der Waals surface area contributed by atoms with Gasteiger partial charge >= 0.3 is 0 Å². The fourth-order valence-electron chi connectivity index (χ4n) is 1.78. The molecule has 1 fully saturated rings. The van der Waals surface area contributed by atoms with Gasteiger partial charge in [0, 0.05) is 0 Å². The Bertz CT molecular complexity index is 451. The Labute approximate surface area is 88.8 Å². The maximum absolute atomic E-state index is 11.3. The van der Waals surface area contributed by atoms with E-state index in [-0.39, 0.29) is 0 Å². The zero-order chi connectivity index (χ0) is 11.1. The van der Waals surface area contributed by atoms with Crippen LogP contribution in [0.5, 0.6) is 0 Å². The van der Waals surface area contributed by atoms with Gasteiger partial charge in [-0.3, -0.25) is 0 Å². The lowest BCUT2D eigenvalue weighted by molar-refractivity contribution is 0.163. The van der Waals surface area contributed by atoms with Crippen LogP contribution < -0.4 is 5.14 Å². The van der Waals surface area contributed by atoms with E-state index in [2.05, 4.69) is 0 Å². The third kappa shape index (κ3) is 1.67. The van der Waals surface area contributed by atoms with Gasteiger partial charge in [-0.05, 0) is 18.4 Å². The minimum absolute atomic E-state index is 0.432. The molecule has 0 radical (unpaired) electrons. The fraction of sp³-hybridized carbons (Fsp3) is 0.400. The molecule has 5 heteroatoms. The van der Waals surface area contributed by atoms with Crippen molar-refractivity contribution in [3.05, 3.63) is 35.9 Å². The maximum Gasteiger partial charge on any atom is 0.217 e. The molecule has 2 rings (SSSR count). The molecule has 0 heterocycles. The SMILES string of the molecule is NS(=O)(=O)C1([C@@H](O)c2ccccc2)CC1. The van der Waals surface area contributed by atoms with Crippen LogP contribution in [-0.2, 0) is 10.0 Å². The predicted molar refractivity (Wildman–Crippen MR) is 56.5 cm³/mol. The second kappa shape index (κ2) is 3.30. The Balaban J connectivity index is 2.34. The van der Waals surface area contributed by atoms with Gasteiger partial charge in [-0.2, -0.15) is 0 Å². The Morgan fingerprint density at radius 3 is 2.20 bits per heavy atom. The molecule has 1 aliphatic rings. The van der Waals surface area contributed by atoms with E-state index in [9.17, 15) is 13.5 Å². The average molecular weight is 227 g/mol. The van der Waals surface area contributed by atoms with Gasteiger partial charge in [0.1, 0.15) is 4.75 Å². The van der Waals surface area contributed by atoms with Crippen LogP contribution >= 0.6 is 0 Å². The van der Waals surface area contributed by atoms with Crippen LogP contribution in [0.25, 0.3) is 0 Å². The van der Waals surface area contributed by atoms with Gasteiger partial charge in [0.2, 0.25) is 10.0 Å². The maximum atomic E-state index is 11.3. The first-order chi connectivity index (χ1) is 6.97. The molecule has 82 valence electrons. The molecule has 15 heavy (non-hydrogen) atoms. The minimum atomic E-state index is -3.69. The zero-order valence-electron chi connectivity index (χ0n) is 8.13. The number of nitrogens with two attached hydrogens (primary N) is 1. The molecule has 0 amide bonds. The number of aliphatic hydroxyl groups is 1. The summed E-state index contributed by atoms with van der Waals surface area (Å²) in [5, 5.41) is 15.1. The summed E-state index contributed by atoms with van der Waals surface area (Å²) in [6, 6.07) is 8.74. The standard InChI is InChI=1S/C10H13NO3S/c11-15(13,14)10(6-7-10)9(12)8-4-2-1-3-5-8/h1-5,9,12H,6-7H2,(H2,11,13,14)/t9-/m0/s1. The van der Waals surface area contributed by atoms with E-state index in [1.165, 1.54) is 0 Å². The monoisotopic (exact) mass is 227 g/mol. The third-order valence-electron chi connectivity index (χ3n) is 2.92. The fourth-order valence-corrected chi connectivity index (χ4v) is 2.89. The predicted octanol–water partition coefficient (Wildman–Crippen LogP) is 0.541. The van der Waals surface area contributed by atoms with Crippen LogP contribution in [0.1, 0.15) is 24.5 Å². The van der Waals surface area contributed by atoms with E-state index < -0.39 is 20.9 Å². The Morgan fingerprint density at radius 1 is 1.27 bits per heavy atom. The zero-order valence-corrected chi connectivity index (χ0v) is 8.94. The van der Waals surface area contributed by atoms with Gasteiger partial charge in [0.15, 0.2) is 0 Å². The lowest BCUT2D eigenvalue weighted by atomic mass is 10.1. The van der Waals surface area contributed by atoms with Crippen molar-refractivity contribution in [1.82, 2.24) is 0 Å². The molecular weight excluding hydrogens is 214 g/mol. The van der Waals surface area contributed by atoms with Gasteiger partial charge in [-0.25, -0.2) is 13.6 Å². The topological polar surface area (TPSA) is 80.4 Å². The summed E-state index contributed by atoms with van der Waals surface area (Å²) in [7, 11) is -3.69. The molecule has 4 nitrogen and oxygen atoms in total. The smallest absolute Gasteiger partial charge is 0.217 e. The van der Waals surface area contributed by atoms with Gasteiger partial charge in [0.25, 0.3) is 0 Å². The van der Waals surface area contributed by atoms with Crippen molar-refractivity contribution in [1.29, 1.82) is 0 Å². The second-order valence-electron chi connectivity index (χ2n) is 3.92. The summed E-state index contributed by atoms with van der Waals surface area (Å²) in [5.41, 5.74) is 0.601. The van der Waals surface area contributed by atoms with Crippen molar-refractivity contribution in [2.45, 2.75) is 23.7 Å². The number of rotatable bonds is 3. The second-order valence-corrected chi connectivity index (χ2v) is 5.83. The molecule has 0 spiro atoms. The van der Waals surface area contributed by atoms with Crippen LogP contribution in [0.2, 0.25) is 0 Å². The Hall–Kier alpha value is -0.910. The van der Waals surface area contributed by atoms with E-state index in [1.54, 1.807) is 24.3 Å². The molecular formula is C10H13NO3S. The molecule has 0 unspecified atom stereocenters. The van der Waals surface area contributed by atoms with Gasteiger partial charge in [-0.15, -0.1) is 0 Å².